The third-order valence-electron chi connectivity index (χ3n) is 2.77. The van der Waals surface area contributed by atoms with Crippen LogP contribution >= 0.6 is 31.9 Å². The highest BCUT2D eigenvalue weighted by Crippen LogP contribution is 2.29. The second kappa shape index (κ2) is 5.46. The maximum Gasteiger partial charge on any atom is 0.0248 e. The molecule has 1 aliphatic carbocycles. The topological polar surface area (TPSA) is 3.24 Å². The van der Waals surface area contributed by atoms with Gasteiger partial charge in [0, 0.05) is 28.9 Å². The summed E-state index contributed by atoms with van der Waals surface area (Å²) in [6.07, 6.45) is 2.74. The second-order valence-electron chi connectivity index (χ2n) is 3.98. The first kappa shape index (κ1) is 11.6. The molecule has 2 rings (SSSR count). The lowest BCUT2D eigenvalue weighted by Gasteiger charge is -2.21. The zero-order valence-corrected chi connectivity index (χ0v) is 11.8. The quantitative estimate of drug-likeness (QED) is 0.741. The molecule has 0 amide bonds. The summed E-state index contributed by atoms with van der Waals surface area (Å²) < 4.78 is 1.23. The smallest absolute Gasteiger partial charge is 0.0248 e. The van der Waals surface area contributed by atoms with Crippen LogP contribution in [-0.2, 0) is 6.54 Å². The van der Waals surface area contributed by atoms with Crippen molar-refractivity contribution in [1.82, 2.24) is 4.90 Å². The molecule has 0 spiro atoms. The molecular weight excluding hydrogens is 318 g/mol. The van der Waals surface area contributed by atoms with Gasteiger partial charge in [0.2, 0.25) is 0 Å². The lowest BCUT2D eigenvalue weighted by atomic mass is 10.2. The van der Waals surface area contributed by atoms with Crippen molar-refractivity contribution < 1.29 is 0 Å². The number of halogens is 2. The van der Waals surface area contributed by atoms with E-state index in [4.69, 9.17) is 0 Å². The minimum Gasteiger partial charge on any atom is -0.295 e. The molecule has 1 aromatic rings. The zero-order chi connectivity index (χ0) is 10.7. The van der Waals surface area contributed by atoms with E-state index >= 15 is 0 Å². The van der Waals surface area contributed by atoms with Gasteiger partial charge in [-0.25, -0.2) is 0 Å². The molecule has 82 valence electrons. The Bertz CT molecular complexity index is 323. The minimum atomic E-state index is 0.828. The number of hydrogen-bond acceptors (Lipinski definition) is 1. The van der Waals surface area contributed by atoms with Gasteiger partial charge in [0.15, 0.2) is 0 Å². The highest BCUT2D eigenvalue weighted by Gasteiger charge is 2.28. The summed E-state index contributed by atoms with van der Waals surface area (Å²) in [7, 11) is 0. The van der Waals surface area contributed by atoms with E-state index in [1.807, 2.05) is 0 Å². The Morgan fingerprint density at radius 2 is 2.00 bits per heavy atom. The van der Waals surface area contributed by atoms with Crippen molar-refractivity contribution in [1.29, 1.82) is 0 Å². The molecule has 1 fully saturated rings. The lowest BCUT2D eigenvalue weighted by molar-refractivity contribution is 0.272. The third kappa shape index (κ3) is 3.30. The average Bonchev–Trinajstić information content (AvgIpc) is 3.04. The van der Waals surface area contributed by atoms with Crippen LogP contribution in [0.15, 0.2) is 28.7 Å². The van der Waals surface area contributed by atoms with E-state index in [-0.39, 0.29) is 0 Å². The van der Waals surface area contributed by atoms with Crippen LogP contribution in [0.4, 0.5) is 0 Å². The lowest BCUT2D eigenvalue weighted by Crippen LogP contribution is -2.27. The van der Waals surface area contributed by atoms with E-state index in [0.29, 0.717) is 0 Å². The summed E-state index contributed by atoms with van der Waals surface area (Å²) in [5.74, 6) is 0. The third-order valence-corrected chi connectivity index (χ3v) is 3.89. The van der Waals surface area contributed by atoms with Crippen molar-refractivity contribution in [2.75, 3.05) is 11.9 Å². The maximum absolute atomic E-state index is 3.61. The van der Waals surface area contributed by atoms with Crippen molar-refractivity contribution in [2.24, 2.45) is 0 Å². The number of rotatable bonds is 5. The minimum absolute atomic E-state index is 0.828. The standard InChI is InChI=1S/C12H15Br2N/c13-7-8-15(11-5-6-11)9-10-3-1-2-4-12(10)14/h1-4,11H,5-9H2. The molecule has 1 aliphatic rings. The van der Waals surface area contributed by atoms with Crippen LogP contribution in [0.2, 0.25) is 0 Å². The number of hydrogen-bond donors (Lipinski definition) is 0. The Hall–Kier alpha value is 0.140. The largest absolute Gasteiger partial charge is 0.295 e. The van der Waals surface area contributed by atoms with Gasteiger partial charge < -0.3 is 0 Å². The van der Waals surface area contributed by atoms with Gasteiger partial charge in [-0.2, -0.15) is 0 Å². The fourth-order valence-corrected chi connectivity index (χ4v) is 2.65. The van der Waals surface area contributed by atoms with Crippen LogP contribution in [0.1, 0.15) is 18.4 Å². The van der Waals surface area contributed by atoms with Crippen LogP contribution in [0.3, 0.4) is 0 Å². The summed E-state index contributed by atoms with van der Waals surface area (Å²) >= 11 is 7.13. The Morgan fingerprint density at radius 3 is 2.60 bits per heavy atom. The van der Waals surface area contributed by atoms with E-state index in [2.05, 4.69) is 61.0 Å². The highest BCUT2D eigenvalue weighted by molar-refractivity contribution is 9.10. The fraction of sp³-hybridized carbons (Fsp3) is 0.500. The predicted octanol–water partition coefficient (Wildman–Crippen LogP) is 3.81. The summed E-state index contributed by atoms with van der Waals surface area (Å²) in [6.45, 7) is 2.21. The predicted molar refractivity (Wildman–Crippen MR) is 71.4 cm³/mol. The van der Waals surface area contributed by atoms with Gasteiger partial charge in [0.1, 0.15) is 0 Å². The summed E-state index contributed by atoms with van der Waals surface area (Å²) in [5, 5.41) is 1.06. The van der Waals surface area contributed by atoms with E-state index in [9.17, 15) is 0 Å². The summed E-state index contributed by atoms with van der Waals surface area (Å²) in [6, 6.07) is 9.33. The molecule has 0 saturated heterocycles. The van der Waals surface area contributed by atoms with Gasteiger partial charge in [-0.05, 0) is 24.5 Å². The molecule has 3 heteroatoms. The van der Waals surface area contributed by atoms with Crippen molar-refractivity contribution in [3.05, 3.63) is 34.3 Å². The summed E-state index contributed by atoms with van der Waals surface area (Å²) in [5.41, 5.74) is 1.39. The molecule has 0 aliphatic heterocycles. The Kier molecular flexibility index (Phi) is 4.23. The van der Waals surface area contributed by atoms with Crippen LogP contribution in [0, 0.1) is 0 Å². The molecule has 0 heterocycles. The Morgan fingerprint density at radius 1 is 1.27 bits per heavy atom. The normalized spacial score (nSPS) is 15.9. The maximum atomic E-state index is 3.61. The SMILES string of the molecule is BrCCN(Cc1ccccc1Br)C1CC1. The first-order valence-corrected chi connectivity index (χ1v) is 7.26. The van der Waals surface area contributed by atoms with Crippen LogP contribution in [0.25, 0.3) is 0 Å². The number of nitrogens with zero attached hydrogens (tertiary/aromatic N) is 1. The Balaban J connectivity index is 2.02. The molecule has 0 atom stereocenters. The van der Waals surface area contributed by atoms with Crippen LogP contribution < -0.4 is 0 Å². The molecule has 0 N–H and O–H groups in total. The van der Waals surface area contributed by atoms with E-state index in [0.717, 1.165) is 24.5 Å². The van der Waals surface area contributed by atoms with Gasteiger partial charge in [0.05, 0.1) is 0 Å². The van der Waals surface area contributed by atoms with Gasteiger partial charge in [0.25, 0.3) is 0 Å². The molecule has 15 heavy (non-hydrogen) atoms. The fourth-order valence-electron chi connectivity index (χ4n) is 1.78. The molecule has 1 aromatic carbocycles. The van der Waals surface area contributed by atoms with Crippen molar-refractivity contribution >= 4 is 31.9 Å². The Labute approximate surface area is 108 Å². The molecule has 0 radical (unpaired) electrons. The highest BCUT2D eigenvalue weighted by atomic mass is 79.9. The van der Waals surface area contributed by atoms with E-state index < -0.39 is 0 Å². The van der Waals surface area contributed by atoms with Gasteiger partial charge in [-0.1, -0.05) is 50.1 Å². The zero-order valence-electron chi connectivity index (χ0n) is 8.63. The van der Waals surface area contributed by atoms with Gasteiger partial charge in [-0.3, -0.25) is 4.90 Å². The van der Waals surface area contributed by atoms with Crippen LogP contribution in [-0.4, -0.2) is 22.8 Å². The molecular formula is C12H15Br2N. The molecule has 0 bridgehead atoms. The molecule has 0 unspecified atom stereocenters. The van der Waals surface area contributed by atoms with E-state index in [1.54, 1.807) is 0 Å². The summed E-state index contributed by atoms with van der Waals surface area (Å²) in [4.78, 5) is 2.56. The molecule has 0 aromatic heterocycles. The van der Waals surface area contributed by atoms with E-state index in [1.165, 1.54) is 22.9 Å². The number of benzene rings is 1. The number of alkyl halides is 1. The average molecular weight is 333 g/mol. The van der Waals surface area contributed by atoms with Gasteiger partial charge >= 0.3 is 0 Å². The first-order valence-electron chi connectivity index (χ1n) is 5.34. The first-order chi connectivity index (χ1) is 7.31. The van der Waals surface area contributed by atoms with Crippen molar-refractivity contribution in [3.63, 3.8) is 0 Å². The van der Waals surface area contributed by atoms with Gasteiger partial charge in [-0.15, -0.1) is 0 Å². The monoisotopic (exact) mass is 331 g/mol. The van der Waals surface area contributed by atoms with Crippen LogP contribution in [0.5, 0.6) is 0 Å². The van der Waals surface area contributed by atoms with Crippen molar-refractivity contribution in [3.8, 4) is 0 Å². The van der Waals surface area contributed by atoms with Crippen molar-refractivity contribution in [2.45, 2.75) is 25.4 Å². The second-order valence-corrected chi connectivity index (χ2v) is 5.63. The molecule has 1 saturated carbocycles. The molecule has 1 nitrogen and oxygen atoms in total.